The predicted molar refractivity (Wildman–Crippen MR) is 265 cm³/mol. The topological polar surface area (TPSA) is 47.6 Å². The Hall–Kier alpha value is -4.67. The number of hydrogen-bond acceptors (Lipinski definition) is 0. The molecule has 0 amide bonds. The van der Waals surface area contributed by atoms with E-state index in [1.54, 1.807) is 12.1 Å². The van der Waals surface area contributed by atoms with Crippen LogP contribution < -0.4 is 45.6 Å². The van der Waals surface area contributed by atoms with E-state index in [2.05, 4.69) is 206 Å². The summed E-state index contributed by atoms with van der Waals surface area (Å²) in [5, 5.41) is 10.9. The zero-order chi connectivity index (χ0) is 42.0. The van der Waals surface area contributed by atoms with Crippen LogP contribution in [0.1, 0.15) is 11.1 Å². The summed E-state index contributed by atoms with van der Waals surface area (Å²) in [6, 6.07) is 86.7. The van der Waals surface area contributed by atoms with Crippen LogP contribution in [-0.4, -0.2) is 19.0 Å². The molecule has 8 heteroatoms. The van der Waals surface area contributed by atoms with Crippen molar-refractivity contribution in [3.05, 3.63) is 277 Å². The van der Waals surface area contributed by atoms with Crippen molar-refractivity contribution in [2.45, 2.75) is 13.8 Å². The Morgan fingerprint density at radius 1 is 0.312 bits per heavy atom. The van der Waals surface area contributed by atoms with E-state index in [9.17, 15) is 0 Å². The Morgan fingerprint density at radius 2 is 0.562 bits per heavy atom. The average molecular weight is 1240 g/mol. The summed E-state index contributed by atoms with van der Waals surface area (Å²) < 4.78 is 0. The second kappa shape index (κ2) is 33.8. The summed E-state index contributed by atoms with van der Waals surface area (Å²) in [4.78, 5) is 0. The first-order chi connectivity index (χ1) is 29.4. The number of aryl methyl sites for hydroxylation is 2. The minimum Gasteiger partial charge on any atom is -1.00 e. The molecule has 10 aromatic rings. The molecule has 0 aliphatic heterocycles. The Morgan fingerprint density at radius 3 is 0.812 bits per heavy atom. The third-order valence-corrected chi connectivity index (χ3v) is 11.5. The molecule has 0 unspecified atom stereocenters. The minimum absolute atomic E-state index is 0. The van der Waals surface area contributed by atoms with Crippen molar-refractivity contribution < 1.29 is 76.5 Å². The summed E-state index contributed by atoms with van der Waals surface area (Å²) in [5.41, 5.74) is 17.7. The maximum absolute atomic E-state index is 7.22. The molecule has 64 heavy (non-hydrogen) atoms. The van der Waals surface area contributed by atoms with Gasteiger partial charge in [-0.15, -0.1) is 70.7 Å². The van der Waals surface area contributed by atoms with E-state index in [0.29, 0.717) is 11.4 Å². The Kier molecular flexibility index (Phi) is 30.3. The van der Waals surface area contributed by atoms with E-state index in [-0.39, 0.29) is 76.5 Å². The zero-order valence-corrected chi connectivity index (χ0v) is 46.7. The molecular weight excluding hydrogens is 1180 g/mol. The van der Waals surface area contributed by atoms with Crippen LogP contribution in [0.15, 0.2) is 255 Å². The first-order valence-corrected chi connectivity index (χ1v) is 21.9. The SMILES string of the molecule is Cc1ccccc1[NH-].Cc1ccccc1[NH-].[Cl-].[Cl-].[Hf].[Hf].c1ccc([Si]c2ccccc2)cc1.c1ccc([Si]c2ccccc2)cc1.c1ccc2[cH-]ccc2c1.c1ccc2[cH-]ccc2c1. The van der Waals surface area contributed by atoms with Crippen LogP contribution in [0.3, 0.4) is 0 Å². The van der Waals surface area contributed by atoms with Crippen LogP contribution in [0.4, 0.5) is 11.4 Å². The van der Waals surface area contributed by atoms with Gasteiger partial charge < -0.3 is 36.3 Å². The van der Waals surface area contributed by atoms with Crippen LogP contribution in [0, 0.1) is 13.8 Å². The van der Waals surface area contributed by atoms with Crippen molar-refractivity contribution >= 4 is 72.7 Å². The number of benzene rings is 8. The van der Waals surface area contributed by atoms with Gasteiger partial charge in [-0.25, -0.2) is 0 Å². The van der Waals surface area contributed by atoms with Gasteiger partial charge in [0.05, 0.1) is 0 Å². The normalized spacial score (nSPS) is 9.16. The van der Waals surface area contributed by atoms with Crippen molar-refractivity contribution in [3.63, 3.8) is 0 Å². The maximum Gasteiger partial charge on any atom is 0.121 e. The van der Waals surface area contributed by atoms with E-state index >= 15 is 0 Å². The summed E-state index contributed by atoms with van der Waals surface area (Å²) in [5.74, 6) is 0. The number of hydrogen-bond donors (Lipinski definition) is 0. The number of rotatable bonds is 4. The Labute approximate surface area is 436 Å². The molecule has 0 aliphatic carbocycles. The van der Waals surface area contributed by atoms with E-state index in [1.807, 2.05) is 50.2 Å². The van der Waals surface area contributed by atoms with E-state index in [4.69, 9.17) is 11.5 Å². The molecule has 10 rings (SSSR count). The molecule has 2 N–H and O–H groups in total. The van der Waals surface area contributed by atoms with Crippen molar-refractivity contribution in [2.24, 2.45) is 0 Å². The number of halogens is 2. The molecule has 10 aromatic carbocycles. The molecule has 0 atom stereocenters. The Bertz CT molecular complexity index is 2300. The van der Waals surface area contributed by atoms with Gasteiger partial charge >= 0.3 is 0 Å². The third kappa shape index (κ3) is 21.8. The van der Waals surface area contributed by atoms with Crippen molar-refractivity contribution in [2.75, 3.05) is 0 Å². The van der Waals surface area contributed by atoms with Gasteiger partial charge in [0.25, 0.3) is 0 Å². The second-order valence-corrected chi connectivity index (χ2v) is 16.5. The molecule has 0 fully saturated rings. The molecule has 0 spiro atoms. The van der Waals surface area contributed by atoms with Gasteiger partial charge in [-0.3, -0.25) is 0 Å². The van der Waals surface area contributed by atoms with Crippen LogP contribution >= 0.6 is 0 Å². The second-order valence-electron chi connectivity index (χ2n) is 13.7. The molecule has 0 aliphatic rings. The zero-order valence-electron chi connectivity index (χ0n) is 36.0. The van der Waals surface area contributed by atoms with Gasteiger partial charge in [-0.1, -0.05) is 214 Å². The third-order valence-electron chi connectivity index (χ3n) is 9.06. The monoisotopic (exact) mass is 1240 g/mol. The van der Waals surface area contributed by atoms with Crippen LogP contribution in [-0.2, 0) is 51.7 Å². The van der Waals surface area contributed by atoms with E-state index in [0.717, 1.165) is 30.2 Å². The van der Waals surface area contributed by atoms with Crippen LogP contribution in [0.2, 0.25) is 0 Å². The molecule has 0 bridgehead atoms. The molecule has 320 valence electrons. The van der Waals surface area contributed by atoms with E-state index < -0.39 is 0 Å². The molecule has 4 radical (unpaired) electrons. The standard InChI is InChI=1S/2C12H10Si.2C9H7.2C7H8N.2ClH.2Hf/c2*1-3-7-11(8-4-1)13-12-9-5-2-6-10-12;2*1-2-5-9-7-3-6-8(9)4-1;2*1-6-4-2-3-5-7(6)8;;;;/h2*1-10H;2*1-7H;2*2-5,8H,1H3;2*1H;;/q;;4*-1;;;;/p-2. The predicted octanol–water partition coefficient (Wildman–Crippen LogP) is 7.16. The van der Waals surface area contributed by atoms with E-state index in [1.165, 1.54) is 42.3 Å². The first-order valence-electron chi connectivity index (χ1n) is 19.9. The van der Waals surface area contributed by atoms with Gasteiger partial charge in [0, 0.05) is 51.7 Å². The number of nitrogens with one attached hydrogen (secondary N) is 2. The fraction of sp³-hybridized carbons (Fsp3) is 0.0357. The minimum atomic E-state index is 0. The maximum atomic E-state index is 7.22. The smallest absolute Gasteiger partial charge is 0.121 e. The van der Waals surface area contributed by atoms with Crippen molar-refractivity contribution in [1.29, 1.82) is 0 Å². The largest absolute Gasteiger partial charge is 1.00 e. The van der Waals surface area contributed by atoms with Crippen molar-refractivity contribution in [3.8, 4) is 0 Å². The van der Waals surface area contributed by atoms with Gasteiger partial charge in [-0.05, 0) is 13.8 Å². The fourth-order valence-corrected chi connectivity index (χ4v) is 7.81. The summed E-state index contributed by atoms with van der Waals surface area (Å²) in [6.45, 7) is 3.87. The summed E-state index contributed by atoms with van der Waals surface area (Å²) in [7, 11) is 1.55. The average Bonchev–Trinajstić information content (AvgIpc) is 3.99. The first kappa shape index (κ1) is 57.4. The van der Waals surface area contributed by atoms with Gasteiger partial charge in [0.2, 0.25) is 0 Å². The molecule has 0 saturated carbocycles. The fourth-order valence-electron chi connectivity index (χ4n) is 5.70. The van der Waals surface area contributed by atoms with Gasteiger partial charge in [0.1, 0.15) is 19.0 Å². The molecular formula is C56H50Cl2Hf2N2Si2-6. The molecule has 2 nitrogen and oxygen atoms in total. The van der Waals surface area contributed by atoms with Gasteiger partial charge in [0.15, 0.2) is 0 Å². The molecule has 0 heterocycles. The quantitative estimate of drug-likeness (QED) is 0.133. The molecule has 0 saturated heterocycles. The molecule has 0 aromatic heterocycles. The van der Waals surface area contributed by atoms with Gasteiger partial charge in [-0.2, -0.15) is 35.0 Å². The summed E-state index contributed by atoms with van der Waals surface area (Å²) in [6.07, 6.45) is 0. The van der Waals surface area contributed by atoms with Crippen LogP contribution in [0.5, 0.6) is 0 Å². The Balaban J connectivity index is 0.000000383. The van der Waals surface area contributed by atoms with Crippen molar-refractivity contribution in [1.82, 2.24) is 0 Å². The van der Waals surface area contributed by atoms with Crippen LogP contribution in [0.25, 0.3) is 33.0 Å². The number of fused-ring (bicyclic) bond motifs is 2. The summed E-state index contributed by atoms with van der Waals surface area (Å²) >= 11 is 0.